The third-order valence-corrected chi connectivity index (χ3v) is 5.49. The highest BCUT2D eigenvalue weighted by molar-refractivity contribution is 5.24. The molecule has 0 radical (unpaired) electrons. The van der Waals surface area contributed by atoms with E-state index in [1.54, 1.807) is 0 Å². The van der Waals surface area contributed by atoms with Crippen LogP contribution in [-0.4, -0.2) is 10.7 Å². The summed E-state index contributed by atoms with van der Waals surface area (Å²) in [6, 6.07) is 0. The van der Waals surface area contributed by atoms with Crippen LogP contribution in [0.4, 0.5) is 0 Å². The Labute approximate surface area is 74.2 Å². The van der Waals surface area contributed by atoms with Crippen molar-refractivity contribution in [2.45, 2.75) is 51.6 Å². The fourth-order valence-electron chi connectivity index (χ4n) is 4.34. The molecule has 0 aromatic carbocycles. The van der Waals surface area contributed by atoms with Gasteiger partial charge in [0.1, 0.15) is 0 Å². The van der Waals surface area contributed by atoms with Gasteiger partial charge in [-0.25, -0.2) is 0 Å². The maximum absolute atomic E-state index is 10.3. The second-order valence-electron chi connectivity index (χ2n) is 5.70. The minimum Gasteiger partial charge on any atom is -0.390 e. The van der Waals surface area contributed by atoms with Crippen molar-refractivity contribution in [1.82, 2.24) is 0 Å². The number of hydrogen-bond donors (Lipinski definition) is 1. The Morgan fingerprint density at radius 2 is 1.83 bits per heavy atom. The van der Waals surface area contributed by atoms with Crippen LogP contribution in [0, 0.1) is 16.7 Å². The minimum absolute atomic E-state index is 0.269. The van der Waals surface area contributed by atoms with E-state index >= 15 is 0 Å². The van der Waals surface area contributed by atoms with Crippen LogP contribution in [0.3, 0.4) is 0 Å². The summed E-state index contributed by atoms with van der Waals surface area (Å²) in [5.41, 5.74) is 0.508. The van der Waals surface area contributed by atoms with Gasteiger partial charge in [-0.3, -0.25) is 0 Å². The molecule has 0 amide bonds. The molecule has 1 heteroatoms. The van der Waals surface area contributed by atoms with Gasteiger partial charge in [0.15, 0.2) is 0 Å². The van der Waals surface area contributed by atoms with Crippen molar-refractivity contribution in [1.29, 1.82) is 0 Å². The van der Waals surface area contributed by atoms with E-state index in [1.807, 2.05) is 0 Å². The first kappa shape index (κ1) is 7.37. The zero-order valence-corrected chi connectivity index (χ0v) is 8.06. The predicted octanol–water partition coefficient (Wildman–Crippen LogP) is 2.34. The third-order valence-electron chi connectivity index (χ3n) is 5.49. The van der Waals surface area contributed by atoms with Gasteiger partial charge in [-0.2, -0.15) is 0 Å². The quantitative estimate of drug-likeness (QED) is 0.585. The summed E-state index contributed by atoms with van der Waals surface area (Å²) in [4.78, 5) is 0. The molecule has 12 heavy (non-hydrogen) atoms. The summed E-state index contributed by atoms with van der Waals surface area (Å²) >= 11 is 0. The molecule has 68 valence electrons. The SMILES string of the molecule is C[C@@]1(O)C[C@H]2CC[C@]1(C)C21CC1. The van der Waals surface area contributed by atoms with E-state index in [4.69, 9.17) is 0 Å². The van der Waals surface area contributed by atoms with Gasteiger partial charge in [-0.15, -0.1) is 0 Å². The maximum atomic E-state index is 10.3. The summed E-state index contributed by atoms with van der Waals surface area (Å²) in [6.07, 6.45) is 6.51. The second kappa shape index (κ2) is 1.61. The molecule has 3 aliphatic carbocycles. The van der Waals surface area contributed by atoms with Crippen LogP contribution in [0.2, 0.25) is 0 Å². The Balaban J connectivity index is 2.12. The summed E-state index contributed by atoms with van der Waals surface area (Å²) in [7, 11) is 0. The van der Waals surface area contributed by atoms with Gasteiger partial charge in [-0.1, -0.05) is 6.92 Å². The molecular weight excluding hydrogens is 148 g/mol. The molecule has 1 spiro atoms. The molecule has 0 unspecified atom stereocenters. The van der Waals surface area contributed by atoms with Crippen LogP contribution in [-0.2, 0) is 0 Å². The summed E-state index contributed by atoms with van der Waals surface area (Å²) in [5, 5.41) is 10.3. The molecule has 0 aromatic heterocycles. The fourth-order valence-corrected chi connectivity index (χ4v) is 4.34. The van der Waals surface area contributed by atoms with Crippen molar-refractivity contribution in [3.8, 4) is 0 Å². The molecule has 3 rings (SSSR count). The predicted molar refractivity (Wildman–Crippen MR) is 47.7 cm³/mol. The lowest BCUT2D eigenvalue weighted by Crippen LogP contribution is -2.42. The van der Waals surface area contributed by atoms with E-state index in [0.717, 1.165) is 12.3 Å². The average Bonchev–Trinajstić information content (AvgIpc) is 2.67. The maximum Gasteiger partial charge on any atom is 0.0681 e. The second-order valence-corrected chi connectivity index (χ2v) is 5.70. The zero-order chi connectivity index (χ0) is 8.61. The topological polar surface area (TPSA) is 20.2 Å². The molecule has 0 aromatic rings. The Hall–Kier alpha value is -0.0400. The largest absolute Gasteiger partial charge is 0.390 e. The molecule has 3 saturated carbocycles. The van der Waals surface area contributed by atoms with Gasteiger partial charge in [0.25, 0.3) is 0 Å². The smallest absolute Gasteiger partial charge is 0.0681 e. The van der Waals surface area contributed by atoms with Crippen LogP contribution >= 0.6 is 0 Å². The van der Waals surface area contributed by atoms with Gasteiger partial charge < -0.3 is 5.11 Å². The highest BCUT2D eigenvalue weighted by atomic mass is 16.3. The monoisotopic (exact) mass is 166 g/mol. The van der Waals surface area contributed by atoms with E-state index in [2.05, 4.69) is 13.8 Å². The molecular formula is C11H18O. The van der Waals surface area contributed by atoms with Crippen molar-refractivity contribution in [3.63, 3.8) is 0 Å². The molecule has 1 nitrogen and oxygen atoms in total. The number of aliphatic hydroxyl groups is 1. The first-order valence-electron chi connectivity index (χ1n) is 5.24. The third kappa shape index (κ3) is 0.501. The molecule has 3 atom stereocenters. The Morgan fingerprint density at radius 3 is 2.08 bits per heavy atom. The van der Waals surface area contributed by atoms with E-state index < -0.39 is 0 Å². The molecule has 3 aliphatic rings. The van der Waals surface area contributed by atoms with E-state index in [-0.39, 0.29) is 11.0 Å². The van der Waals surface area contributed by atoms with Gasteiger partial charge in [-0.05, 0) is 50.4 Å². The van der Waals surface area contributed by atoms with Crippen LogP contribution in [0.15, 0.2) is 0 Å². The fraction of sp³-hybridized carbons (Fsp3) is 1.00. The van der Waals surface area contributed by atoms with Crippen molar-refractivity contribution in [3.05, 3.63) is 0 Å². The minimum atomic E-state index is -0.355. The first-order chi connectivity index (χ1) is 5.52. The molecule has 0 saturated heterocycles. The summed E-state index contributed by atoms with van der Waals surface area (Å²) < 4.78 is 0. The van der Waals surface area contributed by atoms with Gasteiger partial charge in [0.05, 0.1) is 5.60 Å². The molecule has 0 heterocycles. The lowest BCUT2D eigenvalue weighted by atomic mass is 9.69. The average molecular weight is 166 g/mol. The van der Waals surface area contributed by atoms with Crippen molar-refractivity contribution >= 4 is 0 Å². The van der Waals surface area contributed by atoms with Crippen LogP contribution < -0.4 is 0 Å². The molecule has 1 N–H and O–H groups in total. The zero-order valence-electron chi connectivity index (χ0n) is 8.06. The summed E-state index contributed by atoms with van der Waals surface area (Å²) in [5.74, 6) is 0.859. The van der Waals surface area contributed by atoms with E-state index in [9.17, 15) is 5.11 Å². The number of hydrogen-bond acceptors (Lipinski definition) is 1. The van der Waals surface area contributed by atoms with Crippen molar-refractivity contribution in [2.24, 2.45) is 16.7 Å². The van der Waals surface area contributed by atoms with Gasteiger partial charge in [0.2, 0.25) is 0 Å². The molecule has 2 bridgehead atoms. The first-order valence-corrected chi connectivity index (χ1v) is 5.24. The van der Waals surface area contributed by atoms with Gasteiger partial charge in [0, 0.05) is 5.41 Å². The lowest BCUT2D eigenvalue weighted by Gasteiger charge is -2.40. The van der Waals surface area contributed by atoms with Crippen molar-refractivity contribution < 1.29 is 5.11 Å². The molecule has 0 aliphatic heterocycles. The van der Waals surface area contributed by atoms with Crippen LogP contribution in [0.25, 0.3) is 0 Å². The number of rotatable bonds is 0. The van der Waals surface area contributed by atoms with Crippen molar-refractivity contribution in [2.75, 3.05) is 0 Å². The Morgan fingerprint density at radius 1 is 1.17 bits per heavy atom. The van der Waals surface area contributed by atoms with Gasteiger partial charge >= 0.3 is 0 Å². The van der Waals surface area contributed by atoms with Crippen LogP contribution in [0.1, 0.15) is 46.0 Å². The van der Waals surface area contributed by atoms with Crippen LogP contribution in [0.5, 0.6) is 0 Å². The molecule has 3 fully saturated rings. The highest BCUT2D eigenvalue weighted by Gasteiger charge is 2.74. The summed E-state index contributed by atoms with van der Waals surface area (Å²) in [6.45, 7) is 4.39. The highest BCUT2D eigenvalue weighted by Crippen LogP contribution is 2.79. The lowest BCUT2D eigenvalue weighted by molar-refractivity contribution is -0.0633. The van der Waals surface area contributed by atoms with E-state index in [1.165, 1.54) is 25.7 Å². The Bertz CT molecular complexity index is 239. The van der Waals surface area contributed by atoms with E-state index in [0.29, 0.717) is 5.41 Å². The standard InChI is InChI=1S/C11H18O/c1-9-4-3-8(7-10(9,2)12)11(9)5-6-11/h8,12H,3-7H2,1-2H3/t8-,9+,10-/m1/s1. The Kier molecular flexibility index (Phi) is 0.991. The normalized spacial score (nSPS) is 59.8.